The average molecular weight is 289 g/mol. The number of nitrogens with zero attached hydrogens (tertiary/aromatic N) is 1. The van der Waals surface area contributed by atoms with Crippen molar-refractivity contribution in [2.75, 3.05) is 58.9 Å². The monoisotopic (exact) mass is 289 g/mol. The van der Waals surface area contributed by atoms with Crippen LogP contribution in [0, 0.1) is 0 Å². The largest absolute Gasteiger partial charge is 0.329 e. The first kappa shape index (κ1) is 17.2. The van der Waals surface area contributed by atoms with E-state index in [1.54, 1.807) is 0 Å². The van der Waals surface area contributed by atoms with Gasteiger partial charge < -0.3 is 21.7 Å². The van der Waals surface area contributed by atoms with E-state index in [9.17, 15) is 0 Å². The highest BCUT2D eigenvalue weighted by atomic mass is 32.1. The molecule has 0 bridgehead atoms. The maximum atomic E-state index is 5.55. The lowest BCUT2D eigenvalue weighted by molar-refractivity contribution is 0.239. The zero-order chi connectivity index (χ0) is 14.1. The lowest BCUT2D eigenvalue weighted by Gasteiger charge is -2.32. The lowest BCUT2D eigenvalue weighted by atomic mass is 10.0. The Balaban J connectivity index is 2.16. The summed E-state index contributed by atoms with van der Waals surface area (Å²) in [5.41, 5.74) is 5.55. The van der Waals surface area contributed by atoms with E-state index in [-0.39, 0.29) is 4.75 Å². The second kappa shape index (κ2) is 9.15. The summed E-state index contributed by atoms with van der Waals surface area (Å²) in [6.45, 7) is 13.4. The van der Waals surface area contributed by atoms with Crippen molar-refractivity contribution in [1.29, 1.82) is 0 Å². The van der Waals surface area contributed by atoms with Gasteiger partial charge in [-0.25, -0.2) is 0 Å². The molecule has 0 aromatic rings. The van der Waals surface area contributed by atoms with E-state index >= 15 is 0 Å². The van der Waals surface area contributed by atoms with E-state index < -0.39 is 0 Å². The molecule has 1 fully saturated rings. The number of rotatable bonds is 9. The zero-order valence-corrected chi connectivity index (χ0v) is 13.3. The molecular formula is C13H31N5S. The number of nitrogens with two attached hydrogens (primary N) is 1. The van der Waals surface area contributed by atoms with Crippen LogP contribution in [0.4, 0.5) is 0 Å². The highest BCUT2D eigenvalue weighted by Crippen LogP contribution is 2.16. The zero-order valence-electron chi connectivity index (χ0n) is 12.4. The second-order valence-corrected chi connectivity index (χ2v) is 6.90. The van der Waals surface area contributed by atoms with Crippen LogP contribution >= 0.6 is 12.6 Å². The van der Waals surface area contributed by atoms with Crippen molar-refractivity contribution in [2.45, 2.75) is 24.6 Å². The molecule has 0 aromatic heterocycles. The molecule has 1 atom stereocenters. The lowest BCUT2D eigenvalue weighted by Crippen LogP contribution is -2.52. The van der Waals surface area contributed by atoms with E-state index in [1.807, 2.05) is 0 Å². The predicted octanol–water partition coefficient (Wildman–Crippen LogP) is -0.893. The Kier molecular flexibility index (Phi) is 8.29. The highest BCUT2D eigenvalue weighted by molar-refractivity contribution is 7.81. The third-order valence-electron chi connectivity index (χ3n) is 3.55. The summed E-state index contributed by atoms with van der Waals surface area (Å²) in [6.07, 6.45) is 0. The Morgan fingerprint density at radius 1 is 1.32 bits per heavy atom. The van der Waals surface area contributed by atoms with Crippen molar-refractivity contribution < 1.29 is 0 Å². The van der Waals surface area contributed by atoms with Crippen molar-refractivity contribution in [1.82, 2.24) is 20.9 Å². The molecule has 0 radical (unpaired) electrons. The Morgan fingerprint density at radius 2 is 2.00 bits per heavy atom. The summed E-state index contributed by atoms with van der Waals surface area (Å²) in [5.74, 6) is 0. The molecular weight excluding hydrogens is 258 g/mol. The van der Waals surface area contributed by atoms with E-state index in [4.69, 9.17) is 5.73 Å². The molecule has 0 spiro atoms. The Morgan fingerprint density at radius 3 is 2.58 bits per heavy atom. The molecule has 0 amide bonds. The van der Waals surface area contributed by atoms with Crippen LogP contribution in [0.1, 0.15) is 13.8 Å². The van der Waals surface area contributed by atoms with E-state index in [2.05, 4.69) is 47.3 Å². The molecule has 1 saturated heterocycles. The van der Waals surface area contributed by atoms with E-state index in [0.717, 1.165) is 52.4 Å². The number of piperazine rings is 1. The fourth-order valence-corrected chi connectivity index (χ4v) is 2.43. The Labute approximate surface area is 123 Å². The van der Waals surface area contributed by atoms with Crippen LogP contribution in [0.2, 0.25) is 0 Å². The maximum Gasteiger partial charge on any atom is 0.0332 e. The molecule has 0 aliphatic carbocycles. The topological polar surface area (TPSA) is 65.3 Å². The van der Waals surface area contributed by atoms with Crippen LogP contribution in [0.3, 0.4) is 0 Å². The third kappa shape index (κ3) is 7.48. The highest BCUT2D eigenvalue weighted by Gasteiger charge is 2.24. The molecule has 5 N–H and O–H groups in total. The van der Waals surface area contributed by atoms with Crippen LogP contribution in [0.25, 0.3) is 0 Å². The van der Waals surface area contributed by atoms with Gasteiger partial charge in [0, 0.05) is 69.7 Å². The summed E-state index contributed by atoms with van der Waals surface area (Å²) in [4.78, 5) is 2.50. The molecule has 5 nitrogen and oxygen atoms in total. The minimum atomic E-state index is -0.0444. The predicted molar refractivity (Wildman–Crippen MR) is 86.1 cm³/mol. The van der Waals surface area contributed by atoms with Crippen LogP contribution < -0.4 is 21.7 Å². The first-order valence-corrected chi connectivity index (χ1v) is 7.78. The summed E-state index contributed by atoms with van der Waals surface area (Å²) >= 11 is 4.66. The van der Waals surface area contributed by atoms with Gasteiger partial charge in [0.25, 0.3) is 0 Å². The van der Waals surface area contributed by atoms with Gasteiger partial charge in [0.15, 0.2) is 0 Å². The Bertz CT molecular complexity index is 226. The Hall–Kier alpha value is 0.150. The molecule has 19 heavy (non-hydrogen) atoms. The first-order chi connectivity index (χ1) is 9.04. The fraction of sp³-hybridized carbons (Fsp3) is 1.00. The number of hydrogen-bond donors (Lipinski definition) is 5. The van der Waals surface area contributed by atoms with Crippen LogP contribution in [-0.4, -0.2) is 74.6 Å². The minimum absolute atomic E-state index is 0.0444. The van der Waals surface area contributed by atoms with Gasteiger partial charge in [-0.05, 0) is 13.8 Å². The normalized spacial score (nSPS) is 19.6. The van der Waals surface area contributed by atoms with Gasteiger partial charge in [-0.1, -0.05) is 0 Å². The number of hydrogen-bond acceptors (Lipinski definition) is 6. The van der Waals surface area contributed by atoms with Gasteiger partial charge in [0.2, 0.25) is 0 Å². The molecule has 0 saturated carbocycles. The fourth-order valence-electron chi connectivity index (χ4n) is 2.25. The van der Waals surface area contributed by atoms with Gasteiger partial charge in [-0.15, -0.1) is 0 Å². The molecule has 1 rings (SSSR count). The van der Waals surface area contributed by atoms with Gasteiger partial charge in [-0.2, -0.15) is 12.6 Å². The molecule has 1 unspecified atom stereocenters. The third-order valence-corrected chi connectivity index (χ3v) is 3.86. The summed E-state index contributed by atoms with van der Waals surface area (Å²) in [7, 11) is 0. The molecule has 0 aromatic carbocycles. The summed E-state index contributed by atoms with van der Waals surface area (Å²) in [5, 5.41) is 10.4. The van der Waals surface area contributed by atoms with Crippen LogP contribution in [-0.2, 0) is 0 Å². The quantitative estimate of drug-likeness (QED) is 0.281. The SMILES string of the molecule is CC(C)(S)C(CNCCN1CCNCC1)NCCN. The van der Waals surface area contributed by atoms with Crippen molar-refractivity contribution in [2.24, 2.45) is 5.73 Å². The summed E-state index contributed by atoms with van der Waals surface area (Å²) in [6, 6.07) is 0.336. The van der Waals surface area contributed by atoms with Crippen molar-refractivity contribution >= 4 is 12.6 Å². The molecule has 1 heterocycles. The van der Waals surface area contributed by atoms with Crippen molar-refractivity contribution in [3.63, 3.8) is 0 Å². The first-order valence-electron chi connectivity index (χ1n) is 7.33. The van der Waals surface area contributed by atoms with E-state index in [0.29, 0.717) is 12.6 Å². The smallest absolute Gasteiger partial charge is 0.0332 e. The molecule has 6 heteroatoms. The average Bonchev–Trinajstić information content (AvgIpc) is 2.37. The van der Waals surface area contributed by atoms with Crippen molar-refractivity contribution in [3.05, 3.63) is 0 Å². The molecule has 114 valence electrons. The van der Waals surface area contributed by atoms with Gasteiger partial charge in [0.1, 0.15) is 0 Å². The van der Waals surface area contributed by atoms with Crippen molar-refractivity contribution in [3.8, 4) is 0 Å². The van der Waals surface area contributed by atoms with Gasteiger partial charge in [-0.3, -0.25) is 4.90 Å². The number of thiol groups is 1. The van der Waals surface area contributed by atoms with E-state index in [1.165, 1.54) is 0 Å². The second-order valence-electron chi connectivity index (χ2n) is 5.74. The number of nitrogens with one attached hydrogen (secondary N) is 3. The van der Waals surface area contributed by atoms with Gasteiger partial charge >= 0.3 is 0 Å². The molecule has 1 aliphatic heterocycles. The maximum absolute atomic E-state index is 5.55. The molecule has 1 aliphatic rings. The summed E-state index contributed by atoms with van der Waals surface area (Å²) < 4.78 is -0.0444. The van der Waals surface area contributed by atoms with Crippen LogP contribution in [0.15, 0.2) is 0 Å². The van der Waals surface area contributed by atoms with Gasteiger partial charge in [0.05, 0.1) is 0 Å². The van der Waals surface area contributed by atoms with Crippen LogP contribution in [0.5, 0.6) is 0 Å². The standard InChI is InChI=1S/C13H31N5S/c1-13(2,19)12(17-4-3-14)11-16-7-10-18-8-5-15-6-9-18/h12,15-17,19H,3-11,14H2,1-2H3. The minimum Gasteiger partial charge on any atom is -0.329 e.